The minimum Gasteiger partial charge on any atom is -0.497 e. The van der Waals surface area contributed by atoms with E-state index in [4.69, 9.17) is 9.47 Å². The van der Waals surface area contributed by atoms with E-state index >= 15 is 0 Å². The second-order valence-corrected chi connectivity index (χ2v) is 6.00. The summed E-state index contributed by atoms with van der Waals surface area (Å²) in [5, 5.41) is 8.32. The first-order valence-electron chi connectivity index (χ1n) is 8.40. The number of hydrogen-bond acceptors (Lipinski definition) is 4. The lowest BCUT2D eigenvalue weighted by Crippen LogP contribution is -2.46. The van der Waals surface area contributed by atoms with Crippen LogP contribution >= 0.6 is 0 Å². The predicted octanol–water partition coefficient (Wildman–Crippen LogP) is 2.97. The fourth-order valence-corrected chi connectivity index (χ4v) is 3.00. The van der Waals surface area contributed by atoms with Crippen molar-refractivity contribution in [3.63, 3.8) is 0 Å². The zero-order valence-electron chi connectivity index (χ0n) is 15.3. The van der Waals surface area contributed by atoms with Crippen molar-refractivity contribution in [2.45, 2.75) is 13.0 Å². The average Bonchev–Trinajstić information content (AvgIpc) is 2.67. The standard InChI is InChI=1S/C20H21N3O4/c1-12-17(19(24)22-15-9-4-5-10-16(15)27-3)18(23-20(25)21-12)13-7-6-8-14(11-13)26-2/h4-11,18H,1-3H3,(H,22,24)(H2,21,23,25). The summed E-state index contributed by atoms with van der Waals surface area (Å²) < 4.78 is 10.5. The number of nitrogens with one attached hydrogen (secondary N) is 3. The molecule has 2 aromatic rings. The van der Waals surface area contributed by atoms with Crippen LogP contribution in [-0.4, -0.2) is 26.2 Å². The van der Waals surface area contributed by atoms with Crippen molar-refractivity contribution in [1.29, 1.82) is 0 Å². The molecule has 2 aromatic carbocycles. The maximum absolute atomic E-state index is 13.0. The number of allylic oxidation sites excluding steroid dienone is 1. The van der Waals surface area contributed by atoms with E-state index in [1.54, 1.807) is 44.4 Å². The van der Waals surface area contributed by atoms with Crippen molar-refractivity contribution in [3.05, 3.63) is 65.4 Å². The molecule has 0 aliphatic carbocycles. The molecule has 1 unspecified atom stereocenters. The first kappa shape index (κ1) is 18.3. The van der Waals surface area contributed by atoms with E-state index in [-0.39, 0.29) is 11.9 Å². The zero-order chi connectivity index (χ0) is 19.4. The maximum Gasteiger partial charge on any atom is 0.319 e. The first-order chi connectivity index (χ1) is 13.0. The van der Waals surface area contributed by atoms with Crippen molar-refractivity contribution in [3.8, 4) is 11.5 Å². The fraction of sp³-hybridized carbons (Fsp3) is 0.200. The van der Waals surface area contributed by atoms with Crippen molar-refractivity contribution < 1.29 is 19.1 Å². The van der Waals surface area contributed by atoms with Crippen molar-refractivity contribution >= 4 is 17.6 Å². The number of rotatable bonds is 5. The molecule has 1 atom stereocenters. The van der Waals surface area contributed by atoms with Gasteiger partial charge >= 0.3 is 6.03 Å². The molecule has 0 aromatic heterocycles. The Kier molecular flexibility index (Phi) is 5.30. The second-order valence-electron chi connectivity index (χ2n) is 6.00. The Bertz CT molecular complexity index is 908. The first-order valence-corrected chi connectivity index (χ1v) is 8.40. The number of anilines is 1. The summed E-state index contributed by atoms with van der Waals surface area (Å²) in [4.78, 5) is 25.0. The molecular formula is C20H21N3O4. The summed E-state index contributed by atoms with van der Waals surface area (Å²) in [6.07, 6.45) is 0. The number of hydrogen-bond donors (Lipinski definition) is 3. The van der Waals surface area contributed by atoms with Crippen LogP contribution in [0.3, 0.4) is 0 Å². The lowest BCUT2D eigenvalue weighted by molar-refractivity contribution is -0.113. The monoisotopic (exact) mass is 367 g/mol. The number of ether oxygens (including phenoxy) is 2. The van der Waals surface area contributed by atoms with Crippen molar-refractivity contribution in [1.82, 2.24) is 10.6 Å². The van der Waals surface area contributed by atoms with Crippen molar-refractivity contribution in [2.24, 2.45) is 0 Å². The highest BCUT2D eigenvalue weighted by Gasteiger charge is 2.31. The summed E-state index contributed by atoms with van der Waals surface area (Å²) in [5.41, 5.74) is 2.19. The largest absolute Gasteiger partial charge is 0.497 e. The molecule has 7 nitrogen and oxygen atoms in total. The van der Waals surface area contributed by atoms with E-state index in [1.165, 1.54) is 7.11 Å². The highest BCUT2D eigenvalue weighted by atomic mass is 16.5. The van der Waals surface area contributed by atoms with E-state index in [0.717, 1.165) is 5.56 Å². The summed E-state index contributed by atoms with van der Waals surface area (Å²) in [5.74, 6) is 0.856. The highest BCUT2D eigenvalue weighted by Crippen LogP contribution is 2.31. The van der Waals surface area contributed by atoms with Gasteiger partial charge in [0.1, 0.15) is 11.5 Å². The third-order valence-corrected chi connectivity index (χ3v) is 4.30. The lowest BCUT2D eigenvalue weighted by atomic mass is 9.94. The van der Waals surface area contributed by atoms with Gasteiger partial charge in [0, 0.05) is 5.70 Å². The molecule has 0 bridgehead atoms. The summed E-state index contributed by atoms with van der Waals surface area (Å²) in [6, 6.07) is 13.4. The molecule has 0 saturated heterocycles. The Morgan fingerprint density at radius 1 is 1.07 bits per heavy atom. The Hall–Kier alpha value is -3.48. The quantitative estimate of drug-likeness (QED) is 0.758. The van der Waals surface area contributed by atoms with Crippen LogP contribution in [0.15, 0.2) is 59.8 Å². The smallest absolute Gasteiger partial charge is 0.319 e. The molecule has 1 aliphatic rings. The van der Waals surface area contributed by atoms with Gasteiger partial charge in [-0.15, -0.1) is 0 Å². The van der Waals surface area contributed by atoms with Gasteiger partial charge in [0.2, 0.25) is 0 Å². The third-order valence-electron chi connectivity index (χ3n) is 4.30. The van der Waals surface area contributed by atoms with Gasteiger partial charge in [-0.05, 0) is 36.8 Å². The molecule has 27 heavy (non-hydrogen) atoms. The van der Waals surface area contributed by atoms with Crippen LogP contribution < -0.4 is 25.4 Å². The van der Waals surface area contributed by atoms with E-state index in [0.29, 0.717) is 28.5 Å². The average molecular weight is 367 g/mol. The molecule has 1 aliphatic heterocycles. The summed E-state index contributed by atoms with van der Waals surface area (Å²) in [7, 11) is 3.10. The topological polar surface area (TPSA) is 88.7 Å². The lowest BCUT2D eigenvalue weighted by Gasteiger charge is -2.29. The van der Waals surface area contributed by atoms with E-state index in [1.807, 2.05) is 18.2 Å². The van der Waals surface area contributed by atoms with Gasteiger partial charge < -0.3 is 25.4 Å². The van der Waals surface area contributed by atoms with E-state index in [2.05, 4.69) is 16.0 Å². The number of carbonyl (C=O) groups is 2. The van der Waals surface area contributed by atoms with Gasteiger partial charge in [-0.1, -0.05) is 24.3 Å². The number of carbonyl (C=O) groups excluding carboxylic acids is 2. The fourth-order valence-electron chi connectivity index (χ4n) is 3.00. The van der Waals surface area contributed by atoms with Crippen LogP contribution in [0.25, 0.3) is 0 Å². The molecule has 0 spiro atoms. The maximum atomic E-state index is 13.0. The van der Waals surface area contributed by atoms with Gasteiger partial charge in [-0.3, -0.25) is 4.79 Å². The molecule has 140 valence electrons. The Morgan fingerprint density at radius 2 is 1.85 bits per heavy atom. The molecule has 0 radical (unpaired) electrons. The molecule has 3 rings (SSSR count). The highest BCUT2D eigenvalue weighted by molar-refractivity contribution is 6.07. The summed E-state index contributed by atoms with van der Waals surface area (Å²) in [6.45, 7) is 1.70. The van der Waals surface area contributed by atoms with Crippen LogP contribution in [0.1, 0.15) is 18.5 Å². The molecule has 1 heterocycles. The molecule has 0 fully saturated rings. The number of benzene rings is 2. The normalized spacial score (nSPS) is 16.3. The van der Waals surface area contributed by atoms with Crippen LogP contribution in [-0.2, 0) is 4.79 Å². The Balaban J connectivity index is 1.97. The minimum atomic E-state index is -0.608. The van der Waals surface area contributed by atoms with Gasteiger partial charge in [-0.2, -0.15) is 0 Å². The number of methoxy groups -OCH3 is 2. The Labute approximate surface area is 157 Å². The number of amides is 3. The van der Waals surface area contributed by atoms with Gasteiger partial charge in [0.05, 0.1) is 31.5 Å². The number of urea groups is 1. The molecule has 3 N–H and O–H groups in total. The zero-order valence-corrected chi connectivity index (χ0v) is 15.3. The number of para-hydroxylation sites is 2. The second kappa shape index (κ2) is 7.82. The summed E-state index contributed by atoms with van der Waals surface area (Å²) >= 11 is 0. The van der Waals surface area contributed by atoms with Gasteiger partial charge in [0.25, 0.3) is 5.91 Å². The van der Waals surface area contributed by atoms with Crippen LogP contribution in [0, 0.1) is 0 Å². The molecule has 7 heteroatoms. The van der Waals surface area contributed by atoms with Gasteiger partial charge in [-0.25, -0.2) is 4.79 Å². The van der Waals surface area contributed by atoms with E-state index in [9.17, 15) is 9.59 Å². The molecule has 0 saturated carbocycles. The predicted molar refractivity (Wildman–Crippen MR) is 102 cm³/mol. The van der Waals surface area contributed by atoms with Crippen LogP contribution in [0.4, 0.5) is 10.5 Å². The Morgan fingerprint density at radius 3 is 2.59 bits per heavy atom. The minimum absolute atomic E-state index is 0.336. The van der Waals surface area contributed by atoms with Crippen LogP contribution in [0.5, 0.6) is 11.5 Å². The molecular weight excluding hydrogens is 346 g/mol. The van der Waals surface area contributed by atoms with E-state index < -0.39 is 6.04 Å². The van der Waals surface area contributed by atoms with Crippen LogP contribution in [0.2, 0.25) is 0 Å². The van der Waals surface area contributed by atoms with Gasteiger partial charge in [0.15, 0.2) is 0 Å². The van der Waals surface area contributed by atoms with Crippen molar-refractivity contribution in [2.75, 3.05) is 19.5 Å². The third kappa shape index (κ3) is 3.87. The SMILES string of the molecule is COc1cccc(C2NC(=O)NC(C)=C2C(=O)Nc2ccccc2OC)c1. The molecule has 3 amide bonds.